The molecule has 1 aliphatic carbocycles. The molecule has 0 amide bonds. The first-order valence-electron chi connectivity index (χ1n) is 9.17. The van der Waals surface area contributed by atoms with Gasteiger partial charge in [0.15, 0.2) is 9.84 Å². The Kier molecular flexibility index (Phi) is 5.56. The van der Waals surface area contributed by atoms with Crippen LogP contribution < -0.4 is 0 Å². The Balaban J connectivity index is 1.66. The summed E-state index contributed by atoms with van der Waals surface area (Å²) in [6, 6.07) is 6.94. The van der Waals surface area contributed by atoms with E-state index < -0.39 is 25.1 Å². The summed E-state index contributed by atoms with van der Waals surface area (Å²) in [7, 11) is -6.81. The van der Waals surface area contributed by atoms with Gasteiger partial charge in [-0.3, -0.25) is 0 Å². The molecule has 0 radical (unpaired) electrons. The van der Waals surface area contributed by atoms with Crippen molar-refractivity contribution in [3.63, 3.8) is 0 Å². The molecule has 2 aliphatic rings. The molecule has 7 heteroatoms. The monoisotopic (exact) mass is 385 g/mol. The molecule has 0 spiro atoms. The number of hydrogen-bond donors (Lipinski definition) is 0. The van der Waals surface area contributed by atoms with Crippen LogP contribution in [0.15, 0.2) is 29.2 Å². The van der Waals surface area contributed by atoms with Crippen molar-refractivity contribution in [3.8, 4) is 0 Å². The van der Waals surface area contributed by atoms with Crippen LogP contribution in [0.25, 0.3) is 0 Å². The third-order valence-electron chi connectivity index (χ3n) is 5.40. The summed E-state index contributed by atoms with van der Waals surface area (Å²) in [5.74, 6) is 0. The number of rotatable bonds is 6. The van der Waals surface area contributed by atoms with E-state index in [-0.39, 0.29) is 23.2 Å². The van der Waals surface area contributed by atoms with E-state index in [4.69, 9.17) is 0 Å². The van der Waals surface area contributed by atoms with E-state index in [1.807, 2.05) is 12.1 Å². The molecule has 2 fully saturated rings. The molecule has 0 unspecified atom stereocenters. The van der Waals surface area contributed by atoms with Crippen LogP contribution in [0, 0.1) is 0 Å². The molecule has 1 aromatic carbocycles. The Labute approximate surface area is 151 Å². The minimum Gasteiger partial charge on any atom is -0.228 e. The van der Waals surface area contributed by atoms with Crippen LogP contribution in [-0.4, -0.2) is 44.7 Å². The molecule has 1 saturated carbocycles. The SMILES string of the molecule is CCCc1ccc(S(=O)(=O)N2CC(S(=O)(=O)C3CCCCC3)C2)cc1. The highest BCUT2D eigenvalue weighted by atomic mass is 32.2. The minimum atomic E-state index is -3.59. The molecule has 3 rings (SSSR count). The summed E-state index contributed by atoms with van der Waals surface area (Å²) < 4.78 is 52.0. The predicted octanol–water partition coefficient (Wildman–Crippen LogP) is 2.76. The highest BCUT2D eigenvalue weighted by Gasteiger charge is 2.46. The highest BCUT2D eigenvalue weighted by molar-refractivity contribution is 7.93. The minimum absolute atomic E-state index is 0.0951. The third kappa shape index (κ3) is 3.78. The van der Waals surface area contributed by atoms with Gasteiger partial charge >= 0.3 is 0 Å². The number of benzene rings is 1. The number of hydrogen-bond acceptors (Lipinski definition) is 4. The Bertz CT molecular complexity index is 788. The number of sulfone groups is 1. The Morgan fingerprint density at radius 2 is 1.52 bits per heavy atom. The van der Waals surface area contributed by atoms with Gasteiger partial charge in [0.1, 0.15) is 0 Å². The summed E-state index contributed by atoms with van der Waals surface area (Å²) in [5, 5.41) is -0.811. The second kappa shape index (κ2) is 7.37. The van der Waals surface area contributed by atoms with Crippen molar-refractivity contribution in [3.05, 3.63) is 29.8 Å². The lowest BCUT2D eigenvalue weighted by Crippen LogP contribution is -2.58. The van der Waals surface area contributed by atoms with Crippen LogP contribution in [0.5, 0.6) is 0 Å². The van der Waals surface area contributed by atoms with Crippen LogP contribution in [0.1, 0.15) is 51.0 Å². The Morgan fingerprint density at radius 1 is 0.920 bits per heavy atom. The van der Waals surface area contributed by atoms with Crippen molar-refractivity contribution in [2.24, 2.45) is 0 Å². The molecule has 140 valence electrons. The van der Waals surface area contributed by atoms with E-state index in [9.17, 15) is 16.8 Å². The molecule has 0 N–H and O–H groups in total. The van der Waals surface area contributed by atoms with E-state index in [1.165, 1.54) is 4.31 Å². The fourth-order valence-electron chi connectivity index (χ4n) is 3.74. The molecule has 1 heterocycles. The largest absolute Gasteiger partial charge is 0.243 e. The molecule has 25 heavy (non-hydrogen) atoms. The average molecular weight is 386 g/mol. The maximum absolute atomic E-state index is 12.7. The van der Waals surface area contributed by atoms with Gasteiger partial charge in [0.25, 0.3) is 0 Å². The van der Waals surface area contributed by atoms with E-state index in [1.54, 1.807) is 12.1 Å². The summed E-state index contributed by atoms with van der Waals surface area (Å²) in [6.45, 7) is 2.27. The molecular formula is C18H27NO4S2. The molecule has 1 saturated heterocycles. The molecule has 0 aromatic heterocycles. The van der Waals surface area contributed by atoms with E-state index in [0.29, 0.717) is 0 Å². The van der Waals surface area contributed by atoms with Crippen molar-refractivity contribution in [1.29, 1.82) is 0 Å². The maximum Gasteiger partial charge on any atom is 0.243 e. The Morgan fingerprint density at radius 3 is 2.08 bits per heavy atom. The third-order valence-corrected chi connectivity index (χ3v) is 9.87. The van der Waals surface area contributed by atoms with Crippen molar-refractivity contribution in [2.45, 2.75) is 67.3 Å². The van der Waals surface area contributed by atoms with Gasteiger partial charge in [-0.15, -0.1) is 0 Å². The number of sulfonamides is 1. The van der Waals surface area contributed by atoms with Crippen molar-refractivity contribution in [2.75, 3.05) is 13.1 Å². The predicted molar refractivity (Wildman–Crippen MR) is 98.8 cm³/mol. The van der Waals surface area contributed by atoms with E-state index in [0.717, 1.165) is 50.5 Å². The molecule has 0 atom stereocenters. The molecule has 1 aromatic rings. The van der Waals surface area contributed by atoms with Crippen LogP contribution in [0.2, 0.25) is 0 Å². The first kappa shape index (κ1) is 18.9. The van der Waals surface area contributed by atoms with Crippen LogP contribution in [-0.2, 0) is 26.3 Å². The van der Waals surface area contributed by atoms with Gasteiger partial charge in [-0.2, -0.15) is 4.31 Å². The first-order valence-corrected chi connectivity index (χ1v) is 12.2. The van der Waals surface area contributed by atoms with Gasteiger partial charge in [-0.25, -0.2) is 16.8 Å². The topological polar surface area (TPSA) is 71.5 Å². The lowest BCUT2D eigenvalue weighted by molar-refractivity contribution is 0.306. The Hall–Kier alpha value is -0.920. The molecule has 0 bridgehead atoms. The fourth-order valence-corrected chi connectivity index (χ4v) is 7.77. The standard InChI is InChI=1S/C18H27NO4S2/c1-2-6-15-9-11-17(12-10-15)25(22,23)19-13-18(14-19)24(20,21)16-7-4-3-5-8-16/h9-12,16,18H,2-8,13-14H2,1H3. The van der Waals surface area contributed by atoms with Crippen molar-refractivity contribution < 1.29 is 16.8 Å². The van der Waals surface area contributed by atoms with Crippen LogP contribution in [0.3, 0.4) is 0 Å². The zero-order valence-corrected chi connectivity index (χ0v) is 16.4. The van der Waals surface area contributed by atoms with Gasteiger partial charge in [-0.05, 0) is 37.0 Å². The van der Waals surface area contributed by atoms with Gasteiger partial charge in [0.2, 0.25) is 10.0 Å². The summed E-state index contributed by atoms with van der Waals surface area (Å²) in [4.78, 5) is 0.251. The molecular weight excluding hydrogens is 358 g/mol. The summed E-state index contributed by atoms with van der Waals surface area (Å²) >= 11 is 0. The van der Waals surface area contributed by atoms with Gasteiger partial charge in [0.05, 0.1) is 15.4 Å². The number of aryl methyl sites for hydroxylation is 1. The van der Waals surface area contributed by atoms with Crippen molar-refractivity contribution >= 4 is 19.9 Å². The highest BCUT2D eigenvalue weighted by Crippen LogP contribution is 2.32. The van der Waals surface area contributed by atoms with E-state index in [2.05, 4.69) is 6.92 Å². The second-order valence-corrected chi connectivity index (χ2v) is 11.6. The van der Waals surface area contributed by atoms with Gasteiger partial charge < -0.3 is 0 Å². The average Bonchev–Trinajstić information content (AvgIpc) is 2.54. The molecule has 5 nitrogen and oxygen atoms in total. The van der Waals surface area contributed by atoms with Crippen LogP contribution >= 0.6 is 0 Å². The lowest BCUT2D eigenvalue weighted by Gasteiger charge is -2.39. The zero-order valence-electron chi connectivity index (χ0n) is 14.7. The fraction of sp³-hybridized carbons (Fsp3) is 0.667. The molecule has 1 aliphatic heterocycles. The normalized spacial score (nSPS) is 21.2. The second-order valence-electron chi connectivity index (χ2n) is 7.19. The van der Waals surface area contributed by atoms with Gasteiger partial charge in [-0.1, -0.05) is 44.7 Å². The maximum atomic E-state index is 12.7. The smallest absolute Gasteiger partial charge is 0.228 e. The lowest BCUT2D eigenvalue weighted by atomic mass is 10.0. The summed E-state index contributed by atoms with van der Waals surface area (Å²) in [5.41, 5.74) is 1.11. The van der Waals surface area contributed by atoms with Gasteiger partial charge in [0, 0.05) is 13.1 Å². The quantitative estimate of drug-likeness (QED) is 0.755. The zero-order chi connectivity index (χ0) is 18.1. The van der Waals surface area contributed by atoms with Crippen LogP contribution in [0.4, 0.5) is 0 Å². The van der Waals surface area contributed by atoms with Crippen molar-refractivity contribution in [1.82, 2.24) is 4.31 Å². The number of nitrogens with zero attached hydrogens (tertiary/aromatic N) is 1. The first-order chi connectivity index (χ1) is 11.9. The summed E-state index contributed by atoms with van der Waals surface area (Å²) in [6.07, 6.45) is 6.41. The van der Waals surface area contributed by atoms with E-state index >= 15 is 0 Å².